The molecule has 0 saturated heterocycles. The fraction of sp³-hybridized carbons (Fsp3) is 0.292. The van der Waals surface area contributed by atoms with Crippen molar-refractivity contribution < 1.29 is 24.4 Å². The first-order chi connectivity index (χ1) is 16.1. The average molecular weight is 483 g/mol. The number of rotatable bonds is 9. The van der Waals surface area contributed by atoms with Crippen LogP contribution in [0, 0.1) is 0 Å². The summed E-state index contributed by atoms with van der Waals surface area (Å²) in [4.78, 5) is 29.5. The van der Waals surface area contributed by atoms with Gasteiger partial charge in [0.1, 0.15) is 6.61 Å². The van der Waals surface area contributed by atoms with Crippen molar-refractivity contribution in [3.8, 4) is 0 Å². The van der Waals surface area contributed by atoms with Crippen LogP contribution in [-0.4, -0.2) is 71.8 Å². The number of ether oxygens (including phenoxy) is 1. The molecule has 3 rings (SSSR count). The summed E-state index contributed by atoms with van der Waals surface area (Å²) in [6, 6.07) is 13.7. The predicted molar refractivity (Wildman–Crippen MR) is 139 cm³/mol. The molecule has 0 aliphatic heterocycles. The van der Waals surface area contributed by atoms with Gasteiger partial charge in [-0.1, -0.05) is 30.3 Å². The second-order valence-corrected chi connectivity index (χ2v) is 13.4. The van der Waals surface area contributed by atoms with Crippen molar-refractivity contribution in [2.75, 3.05) is 43.0 Å². The quantitative estimate of drug-likeness (QED) is 0.346. The van der Waals surface area contributed by atoms with E-state index in [0.29, 0.717) is 23.3 Å². The number of nitrogens with zero attached hydrogens (tertiary/aromatic N) is 1. The molecule has 10 heteroatoms. The number of pyridine rings is 1. The molecule has 2 amide bonds. The number of carbonyl (C=O) groups is 2. The smallest absolute Gasteiger partial charge is 0.449 e. The molecule has 0 fully saturated rings. The van der Waals surface area contributed by atoms with E-state index in [0.717, 1.165) is 16.5 Å². The summed E-state index contributed by atoms with van der Waals surface area (Å²) in [5.41, 5.74) is 1.54. The lowest BCUT2D eigenvalue weighted by Gasteiger charge is -2.24. The number of alkyl carbamates (subject to hydrolysis) is 1. The average Bonchev–Trinajstić information content (AvgIpc) is 2.78. The monoisotopic (exact) mass is 483 g/mol. The Kier molecular flexibility index (Phi) is 8.54. The number of carbonyl (C=O) groups excluding carboxylic acids is 2. The zero-order valence-electron chi connectivity index (χ0n) is 19.5. The normalized spacial score (nSPS) is 12.6. The topological polar surface area (TPSA) is 121 Å². The van der Waals surface area contributed by atoms with Crippen LogP contribution in [0.5, 0.6) is 0 Å². The highest BCUT2D eigenvalue weighted by Crippen LogP contribution is 2.33. The Bertz CT molecular complexity index is 1140. The first-order valence-electron chi connectivity index (χ1n) is 10.8. The summed E-state index contributed by atoms with van der Waals surface area (Å²) >= 11 is 0. The summed E-state index contributed by atoms with van der Waals surface area (Å²) in [7, 11) is -2.39. The van der Waals surface area contributed by atoms with E-state index in [1.165, 1.54) is 12.1 Å². The van der Waals surface area contributed by atoms with E-state index in [4.69, 9.17) is 4.74 Å². The van der Waals surface area contributed by atoms with E-state index in [2.05, 4.69) is 34.4 Å². The predicted octanol–water partition coefficient (Wildman–Crippen LogP) is 2.06. The molecule has 0 aliphatic carbocycles. The molecule has 1 aromatic heterocycles. The van der Waals surface area contributed by atoms with Crippen LogP contribution in [0.1, 0.15) is 11.5 Å². The Morgan fingerprint density at radius 1 is 1.06 bits per heavy atom. The lowest BCUT2D eigenvalue weighted by Crippen LogP contribution is -2.35. The number of hydrogen-bond acceptors (Lipinski definition) is 6. The van der Waals surface area contributed by atoms with Gasteiger partial charge in [-0.2, -0.15) is 0 Å². The Labute approximate surface area is 201 Å². The van der Waals surface area contributed by atoms with Gasteiger partial charge in [0.2, 0.25) is 5.91 Å². The molecule has 2 aromatic carbocycles. The molecule has 1 heterocycles. The number of nitrogens with one attached hydrogen (secondary N) is 2. The van der Waals surface area contributed by atoms with Crippen molar-refractivity contribution in [1.82, 2.24) is 10.3 Å². The third-order valence-corrected chi connectivity index (χ3v) is 6.63. The van der Waals surface area contributed by atoms with Crippen LogP contribution in [0.2, 0.25) is 0 Å². The van der Waals surface area contributed by atoms with Gasteiger partial charge in [-0.25, -0.2) is 14.8 Å². The second-order valence-electron chi connectivity index (χ2n) is 8.83. The number of benzene rings is 2. The minimum absolute atomic E-state index is 0.0194. The molecule has 180 valence electrons. The van der Waals surface area contributed by atoms with Crippen LogP contribution in [0.25, 0.3) is 10.8 Å². The van der Waals surface area contributed by atoms with Crippen LogP contribution < -0.4 is 16.1 Å². The largest absolute Gasteiger partial charge is 0.488 e. The van der Waals surface area contributed by atoms with Gasteiger partial charge < -0.3 is 25.4 Å². The number of fused-ring (bicyclic) bond motifs is 1. The van der Waals surface area contributed by atoms with Crippen molar-refractivity contribution >= 4 is 51.1 Å². The highest BCUT2D eigenvalue weighted by Gasteiger charge is 2.23. The standard InChI is InChI=1S/C24H30BN3O5S/c1-34(2,3)13-12-33-24(30)27-16-22(17-4-7-20(8-5-17)25(31)32)23(29)28-21-9-6-19-15-26-11-10-18(19)14-21/h4-11,14-15,22,31-32H,12-13,16H2,1-3H3,(H,27,30)(H,28,29). The molecule has 4 N–H and O–H groups in total. The molecule has 1 atom stereocenters. The van der Waals surface area contributed by atoms with E-state index in [-0.39, 0.29) is 12.5 Å². The maximum Gasteiger partial charge on any atom is 0.488 e. The van der Waals surface area contributed by atoms with Crippen LogP contribution in [0.15, 0.2) is 60.9 Å². The van der Waals surface area contributed by atoms with E-state index < -0.39 is 29.2 Å². The van der Waals surface area contributed by atoms with Gasteiger partial charge in [-0.05, 0) is 53.4 Å². The number of amides is 2. The Morgan fingerprint density at radius 3 is 2.47 bits per heavy atom. The minimum Gasteiger partial charge on any atom is -0.449 e. The molecular weight excluding hydrogens is 453 g/mol. The van der Waals surface area contributed by atoms with Gasteiger partial charge in [0, 0.05) is 35.8 Å². The molecular formula is C24H30BN3O5S. The zero-order chi connectivity index (χ0) is 24.7. The highest BCUT2D eigenvalue weighted by atomic mass is 32.3. The summed E-state index contributed by atoms with van der Waals surface area (Å²) in [6.07, 6.45) is 9.28. The minimum atomic E-state index is -1.61. The first-order valence-corrected chi connectivity index (χ1v) is 13.8. The molecule has 3 aromatic rings. The van der Waals surface area contributed by atoms with Crippen molar-refractivity contribution in [2.24, 2.45) is 0 Å². The highest BCUT2D eigenvalue weighted by molar-refractivity contribution is 8.32. The van der Waals surface area contributed by atoms with Gasteiger partial charge in [0.05, 0.1) is 5.92 Å². The van der Waals surface area contributed by atoms with Crippen LogP contribution in [0.3, 0.4) is 0 Å². The number of anilines is 1. The van der Waals surface area contributed by atoms with Crippen molar-refractivity contribution in [3.63, 3.8) is 0 Å². The Hall–Kier alpha value is -3.08. The van der Waals surface area contributed by atoms with E-state index >= 15 is 0 Å². The van der Waals surface area contributed by atoms with Crippen LogP contribution in [0.4, 0.5) is 10.5 Å². The first kappa shape index (κ1) is 25.5. The van der Waals surface area contributed by atoms with Crippen molar-refractivity contribution in [1.29, 1.82) is 0 Å². The van der Waals surface area contributed by atoms with Crippen LogP contribution >= 0.6 is 10.0 Å². The van der Waals surface area contributed by atoms with Gasteiger partial charge >= 0.3 is 13.2 Å². The molecule has 0 bridgehead atoms. The van der Waals surface area contributed by atoms with Crippen molar-refractivity contribution in [3.05, 3.63) is 66.5 Å². The molecule has 0 radical (unpaired) electrons. The fourth-order valence-electron chi connectivity index (χ4n) is 3.27. The van der Waals surface area contributed by atoms with Gasteiger partial charge in [-0.15, -0.1) is 0 Å². The summed E-state index contributed by atoms with van der Waals surface area (Å²) < 4.78 is 5.27. The fourth-order valence-corrected chi connectivity index (χ4v) is 3.86. The maximum absolute atomic E-state index is 13.2. The van der Waals surface area contributed by atoms with E-state index in [9.17, 15) is 19.6 Å². The maximum atomic E-state index is 13.2. The summed E-state index contributed by atoms with van der Waals surface area (Å²) in [5, 5.41) is 26.2. The molecule has 34 heavy (non-hydrogen) atoms. The Morgan fingerprint density at radius 2 is 1.79 bits per heavy atom. The number of hydrogen-bond donors (Lipinski definition) is 4. The molecule has 0 saturated carbocycles. The molecule has 0 aliphatic rings. The lowest BCUT2D eigenvalue weighted by molar-refractivity contribution is -0.117. The zero-order valence-corrected chi connectivity index (χ0v) is 20.3. The SMILES string of the molecule is CS(C)(C)CCOC(=O)NCC(C(=O)Nc1ccc2cnccc2c1)c1ccc(B(O)O)cc1. The number of aromatic nitrogens is 1. The third-order valence-electron chi connectivity index (χ3n) is 5.24. The lowest BCUT2D eigenvalue weighted by atomic mass is 9.79. The molecule has 0 spiro atoms. The molecule has 8 nitrogen and oxygen atoms in total. The second kappa shape index (κ2) is 11.4. The van der Waals surface area contributed by atoms with Crippen molar-refractivity contribution in [2.45, 2.75) is 5.92 Å². The molecule has 1 unspecified atom stereocenters. The third kappa shape index (κ3) is 7.48. The van der Waals surface area contributed by atoms with Gasteiger partial charge in [0.25, 0.3) is 0 Å². The van der Waals surface area contributed by atoms with Crippen LogP contribution in [-0.2, 0) is 9.53 Å². The summed E-state index contributed by atoms with van der Waals surface area (Å²) in [6.45, 7) is 0.335. The van der Waals surface area contributed by atoms with E-state index in [1.807, 2.05) is 18.2 Å². The van der Waals surface area contributed by atoms with Gasteiger partial charge in [-0.3, -0.25) is 9.78 Å². The van der Waals surface area contributed by atoms with E-state index in [1.54, 1.807) is 30.6 Å². The van der Waals surface area contributed by atoms with Gasteiger partial charge in [0.15, 0.2) is 0 Å². The Balaban J connectivity index is 1.73. The summed E-state index contributed by atoms with van der Waals surface area (Å²) in [5.74, 6) is -0.240.